The van der Waals surface area contributed by atoms with E-state index >= 15 is 8.78 Å². The van der Waals surface area contributed by atoms with Gasteiger partial charge in [-0.15, -0.1) is 12.4 Å². The van der Waals surface area contributed by atoms with E-state index in [1.54, 1.807) is 4.90 Å². The number of carbonyl (C=O) groups is 1. The molecule has 166 valence electrons. The molecule has 2 aliphatic heterocycles. The first-order valence-corrected chi connectivity index (χ1v) is 9.94. The highest BCUT2D eigenvalue weighted by molar-refractivity contribution is 5.86. The number of rotatable bonds is 3. The van der Waals surface area contributed by atoms with Crippen molar-refractivity contribution in [2.45, 2.75) is 25.3 Å². The summed E-state index contributed by atoms with van der Waals surface area (Å²) in [6.07, 6.45) is 1.99. The van der Waals surface area contributed by atoms with E-state index in [1.807, 2.05) is 7.05 Å². The van der Waals surface area contributed by atoms with Gasteiger partial charge in [-0.05, 0) is 43.5 Å². The van der Waals surface area contributed by atoms with Gasteiger partial charge in [0, 0.05) is 32.2 Å². The first-order chi connectivity index (χ1) is 14.3. The lowest BCUT2D eigenvalue weighted by molar-refractivity contribution is 0.143. The number of carboxylic acid groups (broad SMARTS) is 1. The molecular formula is C21H22ClF2N3O4. The molecule has 1 aliphatic carbocycles. The van der Waals surface area contributed by atoms with E-state index in [9.17, 15) is 9.59 Å². The van der Waals surface area contributed by atoms with Crippen molar-refractivity contribution in [3.8, 4) is 5.75 Å². The summed E-state index contributed by atoms with van der Waals surface area (Å²) >= 11 is 0. The van der Waals surface area contributed by atoms with Gasteiger partial charge in [0.15, 0.2) is 11.6 Å². The molecule has 0 unspecified atom stereocenters. The fourth-order valence-electron chi connectivity index (χ4n) is 4.55. The smallest absolute Gasteiger partial charge is 0.449 e. The standard InChI is InChI=1S/C21H21F2N3O4.ClH/c1-24-5-4-11-8-25(9-12(11)7-24)19-15(22)6-14-18(17(19)23)26(13-2-3-13)10-16(20(14)27)30-21(28)29;/h6,10,13H,2-5,7-9H2,1H3,(H,28,29);1H. The summed E-state index contributed by atoms with van der Waals surface area (Å²) in [5.41, 5.74) is 1.43. The third-order valence-electron chi connectivity index (χ3n) is 6.12. The summed E-state index contributed by atoms with van der Waals surface area (Å²) < 4.78 is 36.9. The number of likely N-dealkylation sites (N-methyl/N-ethyl adjacent to an activating group) is 1. The largest absolute Gasteiger partial charge is 0.511 e. The average molecular weight is 454 g/mol. The SMILES string of the molecule is CN1CCC2=C(C1)CN(c1c(F)cc3c(=O)c(OC(=O)O)cn(C4CC4)c3c1F)C2.Cl. The molecule has 0 spiro atoms. The van der Waals surface area contributed by atoms with E-state index in [0.717, 1.165) is 38.4 Å². The van der Waals surface area contributed by atoms with Crippen molar-refractivity contribution in [2.24, 2.45) is 0 Å². The monoisotopic (exact) mass is 453 g/mol. The van der Waals surface area contributed by atoms with Crippen LogP contribution < -0.4 is 15.1 Å². The minimum absolute atomic E-state index is 0. The maximum absolute atomic E-state index is 15.7. The summed E-state index contributed by atoms with van der Waals surface area (Å²) in [6, 6.07) is 0.934. The lowest BCUT2D eigenvalue weighted by Crippen LogP contribution is -2.28. The summed E-state index contributed by atoms with van der Waals surface area (Å²) in [5, 5.41) is 8.68. The lowest BCUT2D eigenvalue weighted by Gasteiger charge is -2.23. The van der Waals surface area contributed by atoms with Crippen LogP contribution in [0.25, 0.3) is 10.9 Å². The summed E-state index contributed by atoms with van der Waals surface area (Å²) in [5.74, 6) is -2.07. The predicted molar refractivity (Wildman–Crippen MR) is 114 cm³/mol. The molecule has 2 aromatic rings. The quantitative estimate of drug-likeness (QED) is 0.566. The molecule has 0 saturated heterocycles. The number of halogens is 3. The van der Waals surface area contributed by atoms with Crippen LogP contribution in [0, 0.1) is 11.6 Å². The molecule has 5 rings (SSSR count). The topological polar surface area (TPSA) is 75.0 Å². The molecule has 0 radical (unpaired) electrons. The maximum atomic E-state index is 15.7. The van der Waals surface area contributed by atoms with Crippen molar-refractivity contribution in [1.82, 2.24) is 9.47 Å². The molecule has 0 atom stereocenters. The van der Waals surface area contributed by atoms with Crippen LogP contribution >= 0.6 is 12.4 Å². The van der Waals surface area contributed by atoms with Crippen LogP contribution in [-0.2, 0) is 0 Å². The van der Waals surface area contributed by atoms with E-state index < -0.39 is 29.0 Å². The molecule has 1 fully saturated rings. The molecule has 1 aromatic carbocycles. The predicted octanol–water partition coefficient (Wildman–Crippen LogP) is 3.55. The molecule has 1 aromatic heterocycles. The van der Waals surface area contributed by atoms with Gasteiger partial charge >= 0.3 is 6.16 Å². The highest BCUT2D eigenvalue weighted by Crippen LogP contribution is 2.41. The Morgan fingerprint density at radius 3 is 2.58 bits per heavy atom. The van der Waals surface area contributed by atoms with Crippen LogP contribution in [0.5, 0.6) is 5.75 Å². The number of benzene rings is 1. The molecule has 3 heterocycles. The highest BCUT2D eigenvalue weighted by atomic mass is 35.5. The fourth-order valence-corrected chi connectivity index (χ4v) is 4.55. The van der Waals surface area contributed by atoms with E-state index in [-0.39, 0.29) is 35.0 Å². The Bertz CT molecular complexity index is 1180. The normalized spacial score (nSPS) is 18.9. The number of aromatic nitrogens is 1. The average Bonchev–Trinajstić information content (AvgIpc) is 3.44. The molecule has 10 heteroatoms. The summed E-state index contributed by atoms with van der Waals surface area (Å²) in [6.45, 7) is 2.62. The van der Waals surface area contributed by atoms with Gasteiger partial charge in [-0.1, -0.05) is 0 Å². The molecule has 31 heavy (non-hydrogen) atoms. The summed E-state index contributed by atoms with van der Waals surface area (Å²) in [7, 11) is 2.02. The molecule has 0 bridgehead atoms. The molecule has 1 N–H and O–H groups in total. The Labute approximate surface area is 182 Å². The Kier molecular flexibility index (Phi) is 5.43. The second-order valence-corrected chi connectivity index (χ2v) is 8.30. The first-order valence-electron chi connectivity index (χ1n) is 9.94. The summed E-state index contributed by atoms with van der Waals surface area (Å²) in [4.78, 5) is 27.5. The van der Waals surface area contributed by atoms with Crippen molar-refractivity contribution in [2.75, 3.05) is 38.1 Å². The first kappa shape index (κ1) is 21.6. The number of pyridine rings is 1. The van der Waals surface area contributed by atoms with Crippen LogP contribution in [0.2, 0.25) is 0 Å². The third-order valence-corrected chi connectivity index (χ3v) is 6.12. The van der Waals surface area contributed by atoms with Crippen molar-refractivity contribution < 1.29 is 23.4 Å². The van der Waals surface area contributed by atoms with Gasteiger partial charge in [-0.3, -0.25) is 4.79 Å². The van der Waals surface area contributed by atoms with E-state index in [4.69, 9.17) is 5.11 Å². The number of hydrogen-bond acceptors (Lipinski definition) is 5. The van der Waals surface area contributed by atoms with Gasteiger partial charge in [0.05, 0.1) is 17.1 Å². The number of anilines is 1. The zero-order valence-corrected chi connectivity index (χ0v) is 17.7. The van der Waals surface area contributed by atoms with Crippen molar-refractivity contribution in [3.05, 3.63) is 45.3 Å². The van der Waals surface area contributed by atoms with E-state index in [0.29, 0.717) is 13.1 Å². The number of ether oxygens (including phenoxy) is 1. The van der Waals surface area contributed by atoms with Gasteiger partial charge < -0.3 is 24.2 Å². The second-order valence-electron chi connectivity index (χ2n) is 8.30. The van der Waals surface area contributed by atoms with Crippen LogP contribution in [0.1, 0.15) is 25.3 Å². The van der Waals surface area contributed by atoms with Crippen molar-refractivity contribution in [1.29, 1.82) is 0 Å². The van der Waals surface area contributed by atoms with Crippen molar-refractivity contribution >= 4 is 35.2 Å². The number of hydrogen-bond donors (Lipinski definition) is 1. The van der Waals surface area contributed by atoms with Gasteiger partial charge in [0.1, 0.15) is 11.5 Å². The molecule has 1 saturated carbocycles. The van der Waals surface area contributed by atoms with E-state index in [1.165, 1.54) is 21.9 Å². The minimum Gasteiger partial charge on any atom is -0.449 e. The van der Waals surface area contributed by atoms with Crippen LogP contribution in [0.4, 0.5) is 19.3 Å². The van der Waals surface area contributed by atoms with E-state index in [2.05, 4.69) is 9.64 Å². The lowest BCUT2D eigenvalue weighted by atomic mass is 10.0. The molecule has 3 aliphatic rings. The van der Waals surface area contributed by atoms with Gasteiger partial charge in [0.2, 0.25) is 5.43 Å². The van der Waals surface area contributed by atoms with Crippen LogP contribution in [0.15, 0.2) is 28.2 Å². The fraction of sp³-hybridized carbons (Fsp3) is 0.429. The van der Waals surface area contributed by atoms with Gasteiger partial charge in [0.25, 0.3) is 0 Å². The highest BCUT2D eigenvalue weighted by Gasteiger charge is 2.33. The third kappa shape index (κ3) is 3.65. The Morgan fingerprint density at radius 1 is 1.19 bits per heavy atom. The second kappa shape index (κ2) is 7.80. The molecule has 7 nitrogen and oxygen atoms in total. The zero-order chi connectivity index (χ0) is 21.2. The minimum atomic E-state index is -1.65. The number of nitrogens with zero attached hydrogens (tertiary/aromatic N) is 3. The van der Waals surface area contributed by atoms with Gasteiger partial charge in [-0.2, -0.15) is 0 Å². The Hall–Kier alpha value is -2.65. The molecular weight excluding hydrogens is 432 g/mol. The Morgan fingerprint density at radius 2 is 1.90 bits per heavy atom. The zero-order valence-electron chi connectivity index (χ0n) is 16.9. The number of fused-ring (bicyclic) bond motifs is 1. The van der Waals surface area contributed by atoms with Crippen molar-refractivity contribution in [3.63, 3.8) is 0 Å². The van der Waals surface area contributed by atoms with Crippen LogP contribution in [-0.4, -0.2) is 54.0 Å². The maximum Gasteiger partial charge on any atom is 0.511 e. The van der Waals surface area contributed by atoms with Crippen LogP contribution in [0.3, 0.4) is 0 Å². The molecule has 0 amide bonds. The Balaban J connectivity index is 0.00000231. The van der Waals surface area contributed by atoms with Gasteiger partial charge in [-0.25, -0.2) is 13.6 Å².